The van der Waals surface area contributed by atoms with Gasteiger partial charge in [0.2, 0.25) is 0 Å². The fourth-order valence-electron chi connectivity index (χ4n) is 1.71. The zero-order chi connectivity index (χ0) is 9.86. The lowest BCUT2D eigenvalue weighted by molar-refractivity contribution is 0.222. The minimum Gasteiger partial charge on any atom is -0.395 e. The predicted octanol–water partition coefficient (Wildman–Crippen LogP) is 1.83. The molecule has 1 heterocycles. The molecule has 1 atom stereocenters. The van der Waals surface area contributed by atoms with E-state index in [0.717, 1.165) is 12.1 Å². The highest BCUT2D eigenvalue weighted by Gasteiger charge is 2.29. The Bertz CT molecular complexity index is 356. The highest BCUT2D eigenvalue weighted by molar-refractivity contribution is 5.31. The lowest BCUT2D eigenvalue weighted by Gasteiger charge is -2.28. The van der Waals surface area contributed by atoms with E-state index in [0.29, 0.717) is 0 Å². The van der Waals surface area contributed by atoms with Crippen LogP contribution in [-0.2, 0) is 5.41 Å². The van der Waals surface area contributed by atoms with E-state index in [1.54, 1.807) is 6.20 Å². The van der Waals surface area contributed by atoms with Crippen molar-refractivity contribution >= 4 is 0 Å². The molecular weight excluding hydrogens is 174 g/mol. The number of aromatic nitrogens is 1. The van der Waals surface area contributed by atoms with Crippen LogP contribution in [-0.4, -0.2) is 16.7 Å². The Kier molecular flexibility index (Phi) is 2.46. The first-order valence-electron chi connectivity index (χ1n) is 4.74. The minimum atomic E-state index is -0.310. The number of pyridine rings is 1. The van der Waals surface area contributed by atoms with Crippen molar-refractivity contribution in [2.45, 2.75) is 11.8 Å². The molecule has 0 radical (unpaired) electrons. The van der Waals surface area contributed by atoms with Crippen LogP contribution < -0.4 is 0 Å². The molecule has 1 aliphatic rings. The van der Waals surface area contributed by atoms with Crippen LogP contribution in [0.1, 0.15) is 12.1 Å². The summed E-state index contributed by atoms with van der Waals surface area (Å²) in [5, 5.41) is 9.47. The maximum atomic E-state index is 9.47. The maximum absolute atomic E-state index is 9.47. The zero-order valence-corrected chi connectivity index (χ0v) is 7.93. The third-order valence-corrected chi connectivity index (χ3v) is 2.60. The average molecular weight is 187 g/mol. The fourth-order valence-corrected chi connectivity index (χ4v) is 1.71. The number of aliphatic hydroxyl groups is 1. The van der Waals surface area contributed by atoms with Crippen molar-refractivity contribution in [1.82, 2.24) is 4.98 Å². The van der Waals surface area contributed by atoms with Crippen molar-refractivity contribution in [3.63, 3.8) is 0 Å². The Labute approximate surface area is 83.6 Å². The summed E-state index contributed by atoms with van der Waals surface area (Å²) in [6, 6.07) is 5.79. The van der Waals surface area contributed by atoms with Crippen LogP contribution in [0.2, 0.25) is 0 Å². The second-order valence-corrected chi connectivity index (χ2v) is 3.52. The van der Waals surface area contributed by atoms with Gasteiger partial charge in [-0.3, -0.25) is 4.98 Å². The molecule has 72 valence electrons. The van der Waals surface area contributed by atoms with Gasteiger partial charge in [-0.25, -0.2) is 0 Å². The van der Waals surface area contributed by atoms with Crippen LogP contribution in [0.3, 0.4) is 0 Å². The summed E-state index contributed by atoms with van der Waals surface area (Å²) in [5.41, 5.74) is 0.624. The van der Waals surface area contributed by atoms with Crippen molar-refractivity contribution in [1.29, 1.82) is 0 Å². The molecule has 0 fully saturated rings. The highest BCUT2D eigenvalue weighted by atomic mass is 16.3. The lowest BCUT2D eigenvalue weighted by Crippen LogP contribution is -2.29. The number of hydrogen-bond donors (Lipinski definition) is 1. The lowest BCUT2D eigenvalue weighted by atomic mass is 9.79. The quantitative estimate of drug-likeness (QED) is 0.766. The van der Waals surface area contributed by atoms with Gasteiger partial charge >= 0.3 is 0 Å². The second-order valence-electron chi connectivity index (χ2n) is 3.52. The van der Waals surface area contributed by atoms with Gasteiger partial charge in [-0.05, 0) is 18.6 Å². The van der Waals surface area contributed by atoms with E-state index < -0.39 is 0 Å². The molecule has 0 saturated carbocycles. The van der Waals surface area contributed by atoms with Crippen LogP contribution in [0.4, 0.5) is 0 Å². The molecule has 0 amide bonds. The molecule has 1 aromatic heterocycles. The van der Waals surface area contributed by atoms with Crippen molar-refractivity contribution in [2.24, 2.45) is 0 Å². The van der Waals surface area contributed by atoms with E-state index in [9.17, 15) is 5.11 Å². The molecule has 0 aromatic carbocycles. The molecule has 1 aliphatic carbocycles. The smallest absolute Gasteiger partial charge is 0.0581 e. The summed E-state index contributed by atoms with van der Waals surface area (Å²) in [6.07, 6.45) is 10.6. The van der Waals surface area contributed by atoms with E-state index in [4.69, 9.17) is 0 Å². The van der Waals surface area contributed by atoms with Gasteiger partial charge in [0.1, 0.15) is 0 Å². The number of allylic oxidation sites excluding steroid dienone is 3. The summed E-state index contributed by atoms with van der Waals surface area (Å²) in [7, 11) is 0. The minimum absolute atomic E-state index is 0.102. The molecule has 0 saturated heterocycles. The second kappa shape index (κ2) is 3.76. The highest BCUT2D eigenvalue weighted by Crippen LogP contribution is 2.30. The Hall–Kier alpha value is -1.41. The first-order valence-corrected chi connectivity index (χ1v) is 4.74. The fraction of sp³-hybridized carbons (Fsp3) is 0.250. The molecule has 0 aliphatic heterocycles. The first kappa shape index (κ1) is 9.16. The zero-order valence-electron chi connectivity index (χ0n) is 7.93. The molecule has 14 heavy (non-hydrogen) atoms. The summed E-state index contributed by atoms with van der Waals surface area (Å²) >= 11 is 0. The van der Waals surface area contributed by atoms with Gasteiger partial charge in [-0.15, -0.1) is 0 Å². The topological polar surface area (TPSA) is 33.1 Å². The van der Waals surface area contributed by atoms with Crippen molar-refractivity contribution in [3.8, 4) is 0 Å². The van der Waals surface area contributed by atoms with Gasteiger partial charge < -0.3 is 5.11 Å². The molecule has 2 nitrogen and oxygen atoms in total. The summed E-state index contributed by atoms with van der Waals surface area (Å²) in [4.78, 5) is 4.30. The number of aliphatic hydroxyl groups excluding tert-OH is 1. The van der Waals surface area contributed by atoms with Gasteiger partial charge in [0.15, 0.2) is 0 Å². The van der Waals surface area contributed by atoms with Gasteiger partial charge in [-0.1, -0.05) is 30.4 Å². The van der Waals surface area contributed by atoms with Crippen LogP contribution in [0.5, 0.6) is 0 Å². The largest absolute Gasteiger partial charge is 0.395 e. The first-order chi connectivity index (χ1) is 6.87. The van der Waals surface area contributed by atoms with Gasteiger partial charge in [-0.2, -0.15) is 0 Å². The monoisotopic (exact) mass is 187 g/mol. The van der Waals surface area contributed by atoms with E-state index in [1.165, 1.54) is 0 Å². The van der Waals surface area contributed by atoms with Gasteiger partial charge in [0.05, 0.1) is 17.7 Å². The normalized spacial score (nSPS) is 25.2. The molecule has 0 bridgehead atoms. The van der Waals surface area contributed by atoms with E-state index in [-0.39, 0.29) is 12.0 Å². The van der Waals surface area contributed by atoms with Crippen LogP contribution in [0, 0.1) is 0 Å². The number of rotatable bonds is 2. The summed E-state index contributed by atoms with van der Waals surface area (Å²) in [5.74, 6) is 0. The van der Waals surface area contributed by atoms with Gasteiger partial charge in [0.25, 0.3) is 0 Å². The molecule has 2 rings (SSSR count). The van der Waals surface area contributed by atoms with Crippen molar-refractivity contribution < 1.29 is 5.11 Å². The van der Waals surface area contributed by atoms with E-state index in [2.05, 4.69) is 11.1 Å². The molecule has 0 spiro atoms. The Morgan fingerprint density at radius 1 is 1.36 bits per heavy atom. The maximum Gasteiger partial charge on any atom is 0.0581 e. The van der Waals surface area contributed by atoms with Crippen LogP contribution >= 0.6 is 0 Å². The summed E-state index contributed by atoms with van der Waals surface area (Å²) in [6.45, 7) is 0.102. The molecule has 1 unspecified atom stereocenters. The van der Waals surface area contributed by atoms with Crippen molar-refractivity contribution in [3.05, 3.63) is 54.4 Å². The standard InChI is InChI=1S/C12H13NO/c14-10-12(7-3-1-4-8-12)11-6-2-5-9-13-11/h1-7,9,14H,8,10H2. The summed E-state index contributed by atoms with van der Waals surface area (Å²) < 4.78 is 0. The van der Waals surface area contributed by atoms with Gasteiger partial charge in [0, 0.05) is 6.20 Å². The third-order valence-electron chi connectivity index (χ3n) is 2.60. The molecule has 2 heteroatoms. The predicted molar refractivity (Wildman–Crippen MR) is 55.9 cm³/mol. The van der Waals surface area contributed by atoms with Crippen molar-refractivity contribution in [2.75, 3.05) is 6.61 Å². The van der Waals surface area contributed by atoms with Crippen LogP contribution in [0.15, 0.2) is 48.7 Å². The Balaban J connectivity index is 2.39. The molecular formula is C12H13NO. The average Bonchev–Trinajstić information content (AvgIpc) is 2.31. The van der Waals surface area contributed by atoms with Crippen LogP contribution in [0.25, 0.3) is 0 Å². The molecule has 1 N–H and O–H groups in total. The Morgan fingerprint density at radius 3 is 2.86 bits per heavy atom. The van der Waals surface area contributed by atoms with E-state index >= 15 is 0 Å². The van der Waals surface area contributed by atoms with E-state index in [1.807, 2.05) is 36.4 Å². The number of hydrogen-bond acceptors (Lipinski definition) is 2. The SMILES string of the molecule is OCC1(c2ccccn2)C=CC=CC1. The Morgan fingerprint density at radius 2 is 2.29 bits per heavy atom. The molecule has 1 aromatic rings. The number of nitrogens with zero attached hydrogens (tertiary/aromatic N) is 1. The third kappa shape index (κ3) is 1.49.